The summed E-state index contributed by atoms with van der Waals surface area (Å²) in [7, 11) is 0. The van der Waals surface area contributed by atoms with Crippen molar-refractivity contribution in [3.8, 4) is 0 Å². The first-order valence-electron chi connectivity index (χ1n) is 11.6. The van der Waals surface area contributed by atoms with Gasteiger partial charge in [-0.2, -0.15) is 0 Å². The maximum Gasteiger partial charge on any atom is 0.168 e. The summed E-state index contributed by atoms with van der Waals surface area (Å²) in [6, 6.07) is 11.7. The van der Waals surface area contributed by atoms with Crippen LogP contribution in [-0.4, -0.2) is 62.2 Å². The third kappa shape index (κ3) is 5.23. The van der Waals surface area contributed by atoms with Gasteiger partial charge in [-0.3, -0.25) is 9.80 Å². The Kier molecular flexibility index (Phi) is 7.28. The summed E-state index contributed by atoms with van der Waals surface area (Å²) in [5.74, 6) is 1.04. The van der Waals surface area contributed by atoms with Crippen LogP contribution in [0.5, 0.6) is 0 Å². The molecule has 2 heterocycles. The third-order valence-corrected chi connectivity index (χ3v) is 6.74. The van der Waals surface area contributed by atoms with Gasteiger partial charge in [0.25, 0.3) is 0 Å². The molecular weight excluding hydrogens is 360 g/mol. The van der Waals surface area contributed by atoms with Crippen molar-refractivity contribution in [3.63, 3.8) is 0 Å². The second-order valence-electron chi connectivity index (χ2n) is 8.70. The van der Waals surface area contributed by atoms with E-state index in [9.17, 15) is 0 Å². The first-order valence-corrected chi connectivity index (χ1v) is 11.6. The molecule has 6 heteroatoms. The largest absolute Gasteiger partial charge is 0.298 e. The van der Waals surface area contributed by atoms with E-state index in [1.165, 1.54) is 63.6 Å². The molecule has 1 aromatic heterocycles. The highest BCUT2D eigenvalue weighted by molar-refractivity contribution is 5.15. The zero-order valence-electron chi connectivity index (χ0n) is 17.9. The van der Waals surface area contributed by atoms with Crippen LogP contribution >= 0.6 is 0 Å². The number of unbranched alkanes of at least 4 members (excludes halogenated alkanes) is 1. The van der Waals surface area contributed by atoms with Gasteiger partial charge in [-0.25, -0.2) is 4.68 Å². The van der Waals surface area contributed by atoms with E-state index >= 15 is 0 Å². The Balaban J connectivity index is 1.44. The zero-order valence-corrected chi connectivity index (χ0v) is 17.9. The molecule has 1 atom stereocenters. The third-order valence-electron chi connectivity index (χ3n) is 6.74. The average molecular weight is 397 g/mol. The Morgan fingerprint density at radius 2 is 1.76 bits per heavy atom. The highest BCUT2D eigenvalue weighted by Crippen LogP contribution is 2.29. The first kappa shape index (κ1) is 20.5. The molecule has 158 valence electrons. The summed E-state index contributed by atoms with van der Waals surface area (Å²) in [5.41, 5.74) is 1.25. The highest BCUT2D eigenvalue weighted by atomic mass is 15.6. The number of hydrogen-bond acceptors (Lipinski definition) is 5. The molecule has 2 aromatic rings. The summed E-state index contributed by atoms with van der Waals surface area (Å²) in [4.78, 5) is 5.39. The van der Waals surface area contributed by atoms with Gasteiger partial charge in [0.15, 0.2) is 5.82 Å². The summed E-state index contributed by atoms with van der Waals surface area (Å²) in [6.45, 7) is 7.64. The predicted octanol–water partition coefficient (Wildman–Crippen LogP) is 3.90. The molecule has 0 radical (unpaired) electrons. The standard InChI is InChI=1S/C23H36N6/c1-2-3-14-22(23-24-25-26-29(23)19-20-10-6-4-7-11-20)28-17-15-27(16-18-28)21-12-8-5-9-13-21/h4,6-7,10-11,21-22H,2-3,5,8-9,12-19H2,1H3/t22-/m1/s1. The second kappa shape index (κ2) is 10.3. The van der Waals surface area contributed by atoms with Gasteiger partial charge in [0.05, 0.1) is 12.6 Å². The molecule has 1 aromatic carbocycles. The van der Waals surface area contributed by atoms with E-state index in [2.05, 4.69) is 62.6 Å². The van der Waals surface area contributed by atoms with E-state index in [0.29, 0.717) is 6.04 Å². The van der Waals surface area contributed by atoms with E-state index in [4.69, 9.17) is 0 Å². The Hall–Kier alpha value is -1.79. The minimum absolute atomic E-state index is 0.321. The lowest BCUT2D eigenvalue weighted by Crippen LogP contribution is -2.51. The topological polar surface area (TPSA) is 50.1 Å². The van der Waals surface area contributed by atoms with Gasteiger partial charge in [-0.1, -0.05) is 69.4 Å². The average Bonchev–Trinajstić information content (AvgIpc) is 3.23. The molecule has 2 fully saturated rings. The van der Waals surface area contributed by atoms with Crippen molar-refractivity contribution >= 4 is 0 Å². The van der Waals surface area contributed by atoms with Crippen LogP contribution < -0.4 is 0 Å². The molecule has 2 aliphatic rings. The zero-order chi connectivity index (χ0) is 19.9. The fraction of sp³-hybridized carbons (Fsp3) is 0.696. The lowest BCUT2D eigenvalue weighted by Gasteiger charge is -2.43. The number of aromatic nitrogens is 4. The van der Waals surface area contributed by atoms with Crippen molar-refractivity contribution in [2.75, 3.05) is 26.2 Å². The molecule has 1 aliphatic heterocycles. The molecular formula is C23H36N6. The molecule has 0 spiro atoms. The molecule has 0 unspecified atom stereocenters. The van der Waals surface area contributed by atoms with Gasteiger partial charge in [-0.15, -0.1) is 5.10 Å². The van der Waals surface area contributed by atoms with Crippen LogP contribution in [-0.2, 0) is 6.54 Å². The van der Waals surface area contributed by atoms with Crippen molar-refractivity contribution < 1.29 is 0 Å². The number of benzene rings is 1. The summed E-state index contributed by atoms with van der Waals surface area (Å²) in [6.07, 6.45) is 10.6. The lowest BCUT2D eigenvalue weighted by molar-refractivity contribution is 0.0497. The van der Waals surface area contributed by atoms with Gasteiger partial charge in [0, 0.05) is 32.2 Å². The first-order chi connectivity index (χ1) is 14.3. The summed E-state index contributed by atoms with van der Waals surface area (Å²) >= 11 is 0. The van der Waals surface area contributed by atoms with E-state index in [0.717, 1.165) is 37.9 Å². The predicted molar refractivity (Wildman–Crippen MR) is 116 cm³/mol. The molecule has 0 amide bonds. The van der Waals surface area contributed by atoms with Crippen LogP contribution in [0.2, 0.25) is 0 Å². The molecule has 1 saturated carbocycles. The van der Waals surface area contributed by atoms with E-state index in [1.54, 1.807) is 0 Å². The van der Waals surface area contributed by atoms with Gasteiger partial charge in [-0.05, 0) is 35.3 Å². The Morgan fingerprint density at radius 1 is 1.00 bits per heavy atom. The Labute approximate surface area is 175 Å². The molecule has 0 N–H and O–H groups in total. The summed E-state index contributed by atoms with van der Waals surface area (Å²) < 4.78 is 2.02. The van der Waals surface area contributed by atoms with Crippen LogP contribution in [0.1, 0.15) is 75.7 Å². The minimum atomic E-state index is 0.321. The van der Waals surface area contributed by atoms with Crippen molar-refractivity contribution in [2.45, 2.75) is 76.9 Å². The maximum atomic E-state index is 4.50. The maximum absolute atomic E-state index is 4.50. The molecule has 6 nitrogen and oxygen atoms in total. The van der Waals surface area contributed by atoms with Crippen LogP contribution in [0, 0.1) is 0 Å². The molecule has 1 saturated heterocycles. The van der Waals surface area contributed by atoms with Crippen molar-refractivity contribution in [1.29, 1.82) is 0 Å². The highest BCUT2D eigenvalue weighted by Gasteiger charge is 2.31. The van der Waals surface area contributed by atoms with Gasteiger partial charge >= 0.3 is 0 Å². The van der Waals surface area contributed by atoms with Crippen molar-refractivity contribution in [3.05, 3.63) is 41.7 Å². The summed E-state index contributed by atoms with van der Waals surface area (Å²) in [5, 5.41) is 12.9. The Bertz CT molecular complexity index is 716. The smallest absolute Gasteiger partial charge is 0.168 e. The van der Waals surface area contributed by atoms with Crippen LogP contribution in [0.25, 0.3) is 0 Å². The fourth-order valence-corrected chi connectivity index (χ4v) is 5.05. The monoisotopic (exact) mass is 396 g/mol. The van der Waals surface area contributed by atoms with Crippen LogP contribution in [0.3, 0.4) is 0 Å². The number of nitrogens with zero attached hydrogens (tertiary/aromatic N) is 6. The number of tetrazole rings is 1. The van der Waals surface area contributed by atoms with E-state index in [-0.39, 0.29) is 0 Å². The van der Waals surface area contributed by atoms with E-state index < -0.39 is 0 Å². The molecule has 29 heavy (non-hydrogen) atoms. The van der Waals surface area contributed by atoms with Crippen molar-refractivity contribution in [1.82, 2.24) is 30.0 Å². The van der Waals surface area contributed by atoms with Gasteiger partial charge < -0.3 is 0 Å². The van der Waals surface area contributed by atoms with Crippen LogP contribution in [0.4, 0.5) is 0 Å². The number of piperazine rings is 1. The van der Waals surface area contributed by atoms with Gasteiger partial charge in [0.2, 0.25) is 0 Å². The van der Waals surface area contributed by atoms with E-state index in [1.807, 2.05) is 4.68 Å². The molecule has 4 rings (SSSR count). The number of rotatable bonds is 8. The second-order valence-corrected chi connectivity index (χ2v) is 8.70. The number of hydrogen-bond donors (Lipinski definition) is 0. The quantitative estimate of drug-likeness (QED) is 0.677. The van der Waals surface area contributed by atoms with Gasteiger partial charge in [0.1, 0.15) is 0 Å². The minimum Gasteiger partial charge on any atom is -0.298 e. The van der Waals surface area contributed by atoms with Crippen molar-refractivity contribution in [2.24, 2.45) is 0 Å². The fourth-order valence-electron chi connectivity index (χ4n) is 5.05. The molecule has 0 bridgehead atoms. The van der Waals surface area contributed by atoms with Crippen LogP contribution in [0.15, 0.2) is 30.3 Å². The molecule has 1 aliphatic carbocycles. The normalized spacial score (nSPS) is 20.7. The lowest BCUT2D eigenvalue weighted by atomic mass is 9.93. The SMILES string of the molecule is CCCC[C@H](c1nnnn1Cc1ccccc1)N1CCN(C2CCCCC2)CC1. The Morgan fingerprint density at radius 3 is 2.48 bits per heavy atom.